The molecule has 0 fully saturated rings. The summed E-state index contributed by atoms with van der Waals surface area (Å²) in [5, 5.41) is 0. The molecule has 8 heteroatoms. The fourth-order valence-corrected chi connectivity index (χ4v) is 0.654. The molecular weight excluding hydrogens is 179 g/mol. The van der Waals surface area contributed by atoms with E-state index in [2.05, 4.69) is 3.77 Å². The van der Waals surface area contributed by atoms with Gasteiger partial charge < -0.3 is 0 Å². The van der Waals surface area contributed by atoms with E-state index < -0.39 is 28.0 Å². The Morgan fingerprint density at radius 3 is 1.89 bits per heavy atom. The van der Waals surface area contributed by atoms with Crippen LogP contribution >= 0.6 is 11.9 Å². The van der Waals surface area contributed by atoms with E-state index in [0.717, 1.165) is 0 Å². The summed E-state index contributed by atoms with van der Waals surface area (Å²) in [7, 11) is -2.99. The van der Waals surface area contributed by atoms with Gasteiger partial charge >= 0.3 is 16.0 Å². The van der Waals surface area contributed by atoms with Crippen molar-refractivity contribution in [3.8, 4) is 0 Å². The van der Waals surface area contributed by atoms with Gasteiger partial charge in [0, 0.05) is 0 Å². The fourth-order valence-electron chi connectivity index (χ4n) is 0.0727. The van der Waals surface area contributed by atoms with Gasteiger partial charge in [0.15, 0.2) is 0 Å². The molecule has 0 aliphatic carbocycles. The molecule has 0 unspecified atom stereocenters. The van der Waals surface area contributed by atoms with Crippen LogP contribution in [-0.4, -0.2) is 13.9 Å². The van der Waals surface area contributed by atoms with E-state index in [1.165, 1.54) is 0 Å². The molecule has 0 amide bonds. The van der Waals surface area contributed by atoms with Crippen molar-refractivity contribution in [2.45, 2.75) is 5.51 Å². The Morgan fingerprint density at radius 2 is 1.78 bits per heavy atom. The van der Waals surface area contributed by atoms with E-state index in [0.29, 0.717) is 0 Å². The molecule has 9 heavy (non-hydrogen) atoms. The van der Waals surface area contributed by atoms with E-state index in [4.69, 9.17) is 0 Å². The van der Waals surface area contributed by atoms with Crippen LogP contribution in [0.1, 0.15) is 0 Å². The summed E-state index contributed by atoms with van der Waals surface area (Å²) in [4.78, 5) is 0. The zero-order valence-corrected chi connectivity index (χ0v) is 5.35. The Labute approximate surface area is 54.1 Å². The van der Waals surface area contributed by atoms with Crippen molar-refractivity contribution in [3.63, 3.8) is 0 Å². The van der Waals surface area contributed by atoms with Crippen LogP contribution in [0.25, 0.3) is 0 Å². The highest BCUT2D eigenvalue weighted by molar-refractivity contribution is 8.02. The molecule has 0 aliphatic rings. The minimum absolute atomic E-state index is 0.946. The predicted octanol–water partition coefficient (Wildman–Crippen LogP) is 1.22. The van der Waals surface area contributed by atoms with E-state index >= 15 is 0 Å². The fraction of sp³-hybridized carbons (Fsp3) is 1.00. The predicted molar refractivity (Wildman–Crippen MR) is 25.0 cm³/mol. The number of halogens is 3. The van der Waals surface area contributed by atoms with Gasteiger partial charge in [0.1, 0.15) is 11.9 Å². The standard InChI is InChI=1S/CF3NO2S2/c2-1(3,4)8-5-9(6)7. The summed E-state index contributed by atoms with van der Waals surface area (Å²) in [6.07, 6.45) is 0. The largest absolute Gasteiger partial charge is 0.464 e. The second-order valence-corrected chi connectivity index (χ2v) is 2.50. The Bertz CT molecular complexity index is 194. The molecule has 0 aromatic carbocycles. The van der Waals surface area contributed by atoms with Crippen molar-refractivity contribution in [2.75, 3.05) is 0 Å². The first-order valence-corrected chi connectivity index (χ1v) is 3.27. The zero-order chi connectivity index (χ0) is 7.49. The van der Waals surface area contributed by atoms with Crippen molar-refractivity contribution in [1.82, 2.24) is 0 Å². The molecule has 0 aromatic rings. The number of hydrogen-bond acceptors (Lipinski definition) is 4. The van der Waals surface area contributed by atoms with Gasteiger partial charge in [-0.2, -0.15) is 21.6 Å². The summed E-state index contributed by atoms with van der Waals surface area (Å²) in [5.74, 6) is 0. The van der Waals surface area contributed by atoms with Crippen LogP contribution in [0.4, 0.5) is 13.2 Å². The number of nitrogens with zero attached hydrogens (tertiary/aromatic N) is 1. The summed E-state index contributed by atoms with van der Waals surface area (Å²) in [6.45, 7) is 0. The van der Waals surface area contributed by atoms with Crippen LogP contribution in [0.3, 0.4) is 0 Å². The highest BCUT2D eigenvalue weighted by atomic mass is 32.2. The Morgan fingerprint density at radius 1 is 1.33 bits per heavy atom. The molecular formula is CF3NO2S2. The van der Waals surface area contributed by atoms with Crippen molar-refractivity contribution < 1.29 is 21.6 Å². The van der Waals surface area contributed by atoms with Crippen LogP contribution in [0.2, 0.25) is 0 Å². The summed E-state index contributed by atoms with van der Waals surface area (Å²) in [6, 6.07) is 0. The smallest absolute Gasteiger partial charge is 0.163 e. The lowest BCUT2D eigenvalue weighted by Crippen LogP contribution is -1.96. The molecule has 3 nitrogen and oxygen atoms in total. The molecule has 0 saturated heterocycles. The van der Waals surface area contributed by atoms with Gasteiger partial charge in [-0.25, -0.2) is 0 Å². The van der Waals surface area contributed by atoms with E-state index in [9.17, 15) is 21.6 Å². The maximum absolute atomic E-state index is 11.0. The highest BCUT2D eigenvalue weighted by Crippen LogP contribution is 2.30. The van der Waals surface area contributed by atoms with Gasteiger partial charge in [-0.15, -0.1) is 0 Å². The first-order chi connectivity index (χ1) is 3.92. The minimum atomic E-state index is -4.61. The first-order valence-electron chi connectivity index (χ1n) is 1.47. The molecule has 0 aliphatic heterocycles. The minimum Gasteiger partial charge on any atom is -0.163 e. The van der Waals surface area contributed by atoms with E-state index in [1.54, 1.807) is 0 Å². The van der Waals surface area contributed by atoms with Crippen molar-refractivity contribution in [3.05, 3.63) is 0 Å². The molecule has 0 spiro atoms. The third kappa shape index (κ3) is 7.76. The first kappa shape index (κ1) is 8.76. The molecule has 54 valence electrons. The second-order valence-electron chi connectivity index (χ2n) is 0.829. The Balaban J connectivity index is 3.93. The van der Waals surface area contributed by atoms with Crippen molar-refractivity contribution >= 4 is 22.4 Å². The average Bonchev–Trinajstić information content (AvgIpc) is 1.59. The normalized spacial score (nSPS) is 11.0. The third-order valence-electron chi connectivity index (χ3n) is 0.202. The highest BCUT2D eigenvalue weighted by Gasteiger charge is 2.29. The molecule has 0 radical (unpaired) electrons. The van der Waals surface area contributed by atoms with Gasteiger partial charge in [-0.05, 0) is 0 Å². The van der Waals surface area contributed by atoms with Crippen molar-refractivity contribution in [2.24, 2.45) is 3.77 Å². The van der Waals surface area contributed by atoms with Crippen molar-refractivity contribution in [1.29, 1.82) is 0 Å². The second kappa shape index (κ2) is 3.06. The van der Waals surface area contributed by atoms with Crippen LogP contribution < -0.4 is 0 Å². The summed E-state index contributed by atoms with van der Waals surface area (Å²) >= 11 is -0.946. The van der Waals surface area contributed by atoms with Gasteiger partial charge in [0.25, 0.3) is 0 Å². The van der Waals surface area contributed by atoms with Crippen LogP contribution in [-0.2, 0) is 10.5 Å². The van der Waals surface area contributed by atoms with Crippen LogP contribution in [0.15, 0.2) is 3.77 Å². The van der Waals surface area contributed by atoms with E-state index in [1.807, 2.05) is 0 Å². The molecule has 0 aromatic heterocycles. The SMILES string of the molecule is O=S(=O)=NSC(F)(F)F. The summed E-state index contributed by atoms with van der Waals surface area (Å²) in [5.41, 5.74) is -4.61. The molecule has 0 saturated carbocycles. The van der Waals surface area contributed by atoms with Gasteiger partial charge in [0.2, 0.25) is 0 Å². The van der Waals surface area contributed by atoms with E-state index in [-0.39, 0.29) is 0 Å². The topological polar surface area (TPSA) is 46.5 Å². The Kier molecular flexibility index (Phi) is 2.98. The molecule has 0 rings (SSSR count). The molecule has 0 heterocycles. The maximum atomic E-state index is 11.0. The molecule has 0 N–H and O–H groups in total. The number of rotatable bonds is 1. The monoisotopic (exact) mass is 179 g/mol. The lowest BCUT2D eigenvalue weighted by Gasteiger charge is -1.94. The van der Waals surface area contributed by atoms with Gasteiger partial charge in [0.05, 0.1) is 0 Å². The maximum Gasteiger partial charge on any atom is 0.464 e. The van der Waals surface area contributed by atoms with Gasteiger partial charge in [-0.1, -0.05) is 3.77 Å². The number of alkyl halides is 3. The quantitative estimate of drug-likeness (QED) is 0.568. The van der Waals surface area contributed by atoms with Crippen LogP contribution in [0, 0.1) is 0 Å². The molecule has 0 bridgehead atoms. The average molecular weight is 179 g/mol. The van der Waals surface area contributed by atoms with Gasteiger partial charge in [-0.3, -0.25) is 0 Å². The lowest BCUT2D eigenvalue weighted by atomic mass is 11.6. The van der Waals surface area contributed by atoms with Crippen LogP contribution in [0.5, 0.6) is 0 Å². The lowest BCUT2D eigenvalue weighted by molar-refractivity contribution is -0.0327. The Hall–Kier alpha value is -0.240. The third-order valence-corrected chi connectivity index (χ3v) is 1.19. The molecule has 0 atom stereocenters. The zero-order valence-electron chi connectivity index (χ0n) is 3.71. The number of hydrogen-bond donors (Lipinski definition) is 0. The summed E-state index contributed by atoms with van der Waals surface area (Å²) < 4.78 is 53.9.